The van der Waals surface area contributed by atoms with Gasteiger partial charge in [0.2, 0.25) is 0 Å². The number of benzene rings is 2. The molecule has 1 aromatic heterocycles. The molecular formula is C28H30N2O8S. The van der Waals surface area contributed by atoms with Crippen molar-refractivity contribution >= 4 is 27.5 Å². The van der Waals surface area contributed by atoms with Gasteiger partial charge in [0.25, 0.3) is 0 Å². The summed E-state index contributed by atoms with van der Waals surface area (Å²) in [6, 6.07) is 13.1. The minimum absolute atomic E-state index is 0.239. The van der Waals surface area contributed by atoms with E-state index in [9.17, 15) is 13.2 Å². The van der Waals surface area contributed by atoms with Crippen LogP contribution >= 0.6 is 0 Å². The van der Waals surface area contributed by atoms with E-state index in [0.29, 0.717) is 39.9 Å². The zero-order chi connectivity index (χ0) is 28.4. The highest BCUT2D eigenvalue weighted by Gasteiger charge is 2.15. The molecule has 0 fully saturated rings. The van der Waals surface area contributed by atoms with E-state index >= 15 is 0 Å². The molecule has 0 amide bonds. The van der Waals surface area contributed by atoms with Crippen LogP contribution < -0.4 is 29.0 Å². The van der Waals surface area contributed by atoms with Gasteiger partial charge in [-0.15, -0.1) is 0 Å². The van der Waals surface area contributed by atoms with Crippen LogP contribution in [-0.4, -0.2) is 54.7 Å². The van der Waals surface area contributed by atoms with Crippen molar-refractivity contribution in [3.05, 3.63) is 83.0 Å². The molecule has 0 aliphatic rings. The fourth-order valence-corrected chi connectivity index (χ4v) is 4.52. The summed E-state index contributed by atoms with van der Waals surface area (Å²) in [6.45, 7) is 0. The van der Waals surface area contributed by atoms with Crippen molar-refractivity contribution in [2.75, 3.05) is 40.9 Å². The van der Waals surface area contributed by atoms with Crippen LogP contribution in [0.3, 0.4) is 0 Å². The highest BCUT2D eigenvalue weighted by Crippen LogP contribution is 2.35. The molecule has 0 saturated carbocycles. The van der Waals surface area contributed by atoms with Crippen molar-refractivity contribution in [2.45, 2.75) is 5.75 Å². The Kier molecular flexibility index (Phi) is 9.93. The summed E-state index contributed by atoms with van der Waals surface area (Å²) in [5.74, 6) is 1.95. The second kappa shape index (κ2) is 13.3. The lowest BCUT2D eigenvalue weighted by atomic mass is 10.1. The van der Waals surface area contributed by atoms with Gasteiger partial charge in [-0.1, -0.05) is 0 Å². The maximum absolute atomic E-state index is 12.9. The van der Waals surface area contributed by atoms with Crippen LogP contribution in [0.4, 0.5) is 5.82 Å². The van der Waals surface area contributed by atoms with Crippen LogP contribution in [0.2, 0.25) is 0 Å². The van der Waals surface area contributed by atoms with Gasteiger partial charge in [0.1, 0.15) is 23.0 Å². The van der Waals surface area contributed by atoms with E-state index in [-0.39, 0.29) is 23.0 Å². The molecule has 1 N–H and O–H groups in total. The van der Waals surface area contributed by atoms with Crippen LogP contribution in [0, 0.1) is 0 Å². The molecule has 11 heteroatoms. The number of hydrogen-bond acceptors (Lipinski definition) is 10. The van der Waals surface area contributed by atoms with E-state index in [0.717, 1.165) is 5.41 Å². The standard InChI is InChI=1S/C28H30N2O8S/c1-34-21-9-6-19(7-10-21)24(31)12-14-29-28-25(36-3)11-8-20(30-28)18-39(32,33)15-13-23-26(37-4)16-22(35-2)17-27(23)38-5/h6-17H,18H2,1-5H3,(H,29,30)/b14-12-,15-13+. The zero-order valence-corrected chi connectivity index (χ0v) is 23.1. The Hall–Kier alpha value is -4.51. The van der Waals surface area contributed by atoms with Gasteiger partial charge in [-0.05, 0) is 42.5 Å². The first-order valence-corrected chi connectivity index (χ1v) is 13.3. The summed E-state index contributed by atoms with van der Waals surface area (Å²) in [5.41, 5.74) is 1.19. The Morgan fingerprint density at radius 1 is 0.821 bits per heavy atom. The number of nitrogens with zero attached hydrogens (tertiary/aromatic N) is 1. The minimum atomic E-state index is -3.75. The fourth-order valence-electron chi connectivity index (χ4n) is 3.51. The molecule has 0 radical (unpaired) electrons. The first-order valence-electron chi connectivity index (χ1n) is 11.6. The van der Waals surface area contributed by atoms with Crippen LogP contribution in [0.5, 0.6) is 28.7 Å². The molecule has 206 valence electrons. The second-order valence-electron chi connectivity index (χ2n) is 7.98. The van der Waals surface area contributed by atoms with Crippen molar-refractivity contribution in [3.8, 4) is 28.7 Å². The third-order valence-corrected chi connectivity index (χ3v) is 6.76. The summed E-state index contributed by atoms with van der Waals surface area (Å²) < 4.78 is 52.2. The van der Waals surface area contributed by atoms with Gasteiger partial charge >= 0.3 is 0 Å². The molecule has 3 aromatic rings. The third-order valence-electron chi connectivity index (χ3n) is 5.51. The Labute approximate surface area is 227 Å². The highest BCUT2D eigenvalue weighted by molar-refractivity contribution is 7.93. The van der Waals surface area contributed by atoms with E-state index in [1.165, 1.54) is 46.8 Å². The molecule has 2 aromatic carbocycles. The SMILES string of the molecule is COc1ccc(C(=O)/C=C\Nc2nc(CS(=O)(=O)/C=C/c3c(OC)cc(OC)cc3OC)ccc2OC)cc1. The number of ketones is 1. The molecule has 1 heterocycles. The zero-order valence-electron chi connectivity index (χ0n) is 22.3. The Morgan fingerprint density at radius 2 is 1.44 bits per heavy atom. The Balaban J connectivity index is 1.77. The average Bonchev–Trinajstić information content (AvgIpc) is 2.95. The third kappa shape index (κ3) is 7.74. The van der Waals surface area contributed by atoms with Crippen molar-refractivity contribution in [2.24, 2.45) is 0 Å². The molecule has 0 aliphatic heterocycles. The second-order valence-corrected chi connectivity index (χ2v) is 9.87. The molecule has 10 nitrogen and oxygen atoms in total. The van der Waals surface area contributed by atoms with E-state index < -0.39 is 9.84 Å². The Morgan fingerprint density at radius 3 is 2.00 bits per heavy atom. The summed E-state index contributed by atoms with van der Waals surface area (Å²) in [4.78, 5) is 16.8. The lowest BCUT2D eigenvalue weighted by Gasteiger charge is -2.12. The molecule has 0 bridgehead atoms. The molecule has 0 spiro atoms. The molecule has 0 saturated heterocycles. The number of ether oxygens (including phenoxy) is 5. The molecule has 0 unspecified atom stereocenters. The Bertz CT molecular complexity index is 1440. The number of aromatic nitrogens is 1. The number of rotatable bonds is 13. The molecule has 3 rings (SSSR count). The van der Waals surface area contributed by atoms with Crippen molar-refractivity contribution in [1.29, 1.82) is 0 Å². The number of anilines is 1. The van der Waals surface area contributed by atoms with Gasteiger partial charge in [-0.25, -0.2) is 13.4 Å². The van der Waals surface area contributed by atoms with E-state index in [1.54, 1.807) is 55.6 Å². The van der Waals surface area contributed by atoms with E-state index in [4.69, 9.17) is 23.7 Å². The van der Waals surface area contributed by atoms with Gasteiger partial charge in [0.15, 0.2) is 27.2 Å². The predicted octanol–water partition coefficient (Wildman–Crippen LogP) is 4.52. The molecule has 0 atom stereocenters. The van der Waals surface area contributed by atoms with Crippen LogP contribution in [0.25, 0.3) is 6.08 Å². The maximum atomic E-state index is 12.9. The van der Waals surface area contributed by atoms with Crippen LogP contribution in [0.1, 0.15) is 21.6 Å². The average molecular weight is 555 g/mol. The summed E-state index contributed by atoms with van der Waals surface area (Å²) in [5, 5.41) is 3.97. The van der Waals surface area contributed by atoms with Gasteiger partial charge in [0.05, 0.1) is 52.6 Å². The number of pyridine rings is 1. The number of sulfone groups is 1. The first-order chi connectivity index (χ1) is 18.7. The van der Waals surface area contributed by atoms with Crippen molar-refractivity contribution in [1.82, 2.24) is 4.98 Å². The number of hydrogen-bond donors (Lipinski definition) is 1. The molecule has 0 aliphatic carbocycles. The number of allylic oxidation sites excluding steroid dienone is 1. The molecular weight excluding hydrogens is 524 g/mol. The number of methoxy groups -OCH3 is 5. The normalized spacial score (nSPS) is 11.4. The number of carbonyl (C=O) groups excluding carboxylic acids is 1. The monoisotopic (exact) mass is 554 g/mol. The quantitative estimate of drug-likeness (QED) is 0.238. The van der Waals surface area contributed by atoms with Gasteiger partial charge < -0.3 is 29.0 Å². The summed E-state index contributed by atoms with van der Waals surface area (Å²) >= 11 is 0. The van der Waals surface area contributed by atoms with Crippen LogP contribution in [0.15, 0.2) is 66.2 Å². The number of carbonyl (C=O) groups is 1. The summed E-state index contributed by atoms with van der Waals surface area (Å²) in [6.07, 6.45) is 4.16. The highest BCUT2D eigenvalue weighted by atomic mass is 32.2. The maximum Gasteiger partial charge on any atom is 0.187 e. The van der Waals surface area contributed by atoms with Crippen molar-refractivity contribution in [3.63, 3.8) is 0 Å². The van der Waals surface area contributed by atoms with Gasteiger partial charge in [0, 0.05) is 35.4 Å². The van der Waals surface area contributed by atoms with Crippen molar-refractivity contribution < 1.29 is 36.9 Å². The lowest BCUT2D eigenvalue weighted by molar-refractivity contribution is 0.104. The first kappa shape index (κ1) is 29.1. The largest absolute Gasteiger partial charge is 0.497 e. The number of nitrogens with one attached hydrogen (secondary N) is 1. The van der Waals surface area contributed by atoms with Gasteiger partial charge in [-0.3, -0.25) is 4.79 Å². The van der Waals surface area contributed by atoms with E-state index in [1.807, 2.05) is 0 Å². The minimum Gasteiger partial charge on any atom is -0.497 e. The van der Waals surface area contributed by atoms with Gasteiger partial charge in [-0.2, -0.15) is 0 Å². The topological polar surface area (TPSA) is 122 Å². The van der Waals surface area contributed by atoms with E-state index in [2.05, 4.69) is 10.3 Å². The smallest absolute Gasteiger partial charge is 0.187 e. The fraction of sp³-hybridized carbons (Fsp3) is 0.214. The summed E-state index contributed by atoms with van der Waals surface area (Å²) in [7, 11) is 3.70. The molecule has 39 heavy (non-hydrogen) atoms. The predicted molar refractivity (Wildman–Crippen MR) is 149 cm³/mol. The lowest BCUT2D eigenvalue weighted by Crippen LogP contribution is -2.05. The van der Waals surface area contributed by atoms with Crippen LogP contribution in [-0.2, 0) is 15.6 Å².